The molecule has 2 unspecified atom stereocenters. The molecule has 0 amide bonds. The molecule has 0 spiro atoms. The molecule has 53 valence electrons. The zero-order chi connectivity index (χ0) is 7.03. The Morgan fingerprint density at radius 2 is 2.60 bits per heavy atom. The zero-order valence-corrected chi connectivity index (χ0v) is 6.97. The Bertz CT molecular complexity index is 167. The lowest BCUT2D eigenvalue weighted by Gasteiger charge is -2.21. The van der Waals surface area contributed by atoms with E-state index in [1.165, 1.54) is 19.3 Å². The first-order valence-electron chi connectivity index (χ1n) is 3.83. The highest BCUT2D eigenvalue weighted by molar-refractivity contribution is 5.97. The Hall–Kier alpha value is -0.0831. The Morgan fingerprint density at radius 1 is 1.70 bits per heavy atom. The van der Waals surface area contributed by atoms with Gasteiger partial charge < -0.3 is 4.43 Å². The van der Waals surface area contributed by atoms with Crippen molar-refractivity contribution in [2.75, 3.05) is 6.61 Å². The largest absolute Gasteiger partial charge is 0.418 e. The van der Waals surface area contributed by atoms with Crippen LogP contribution in [0.15, 0.2) is 12.2 Å². The lowest BCUT2D eigenvalue weighted by molar-refractivity contribution is 0.212. The van der Waals surface area contributed by atoms with Gasteiger partial charge in [-0.3, -0.25) is 0 Å². The fraction of sp³-hybridized carbons (Fsp3) is 0.750. The summed E-state index contributed by atoms with van der Waals surface area (Å²) in [7, 11) is 3.07. The van der Waals surface area contributed by atoms with E-state index in [9.17, 15) is 0 Å². The predicted molar refractivity (Wildman–Crippen MR) is 40.6 cm³/mol. The van der Waals surface area contributed by atoms with Gasteiger partial charge in [0.15, 0.2) is 0 Å². The molecule has 0 N–H and O–H groups in total. The highest BCUT2D eigenvalue weighted by atomic mass is 28.2. The van der Waals surface area contributed by atoms with Crippen LogP contribution in [-0.2, 0) is 4.43 Å². The molecule has 2 bridgehead atoms. The lowest BCUT2D eigenvalue weighted by Crippen LogP contribution is -2.18. The van der Waals surface area contributed by atoms with E-state index in [0.717, 1.165) is 12.5 Å². The molecule has 0 aromatic rings. The second-order valence-electron chi connectivity index (χ2n) is 3.51. The summed E-state index contributed by atoms with van der Waals surface area (Å²) in [5, 5.41) is 0. The van der Waals surface area contributed by atoms with Crippen molar-refractivity contribution < 1.29 is 4.43 Å². The van der Waals surface area contributed by atoms with Gasteiger partial charge in [-0.05, 0) is 25.2 Å². The van der Waals surface area contributed by atoms with Gasteiger partial charge in [0.2, 0.25) is 10.5 Å². The van der Waals surface area contributed by atoms with Gasteiger partial charge in [-0.1, -0.05) is 12.2 Å². The quantitative estimate of drug-likeness (QED) is 0.428. The highest BCUT2D eigenvalue weighted by Crippen LogP contribution is 2.48. The summed E-state index contributed by atoms with van der Waals surface area (Å²) >= 11 is 0. The first-order chi connectivity index (χ1) is 4.85. The minimum atomic E-state index is 0.409. The summed E-state index contributed by atoms with van der Waals surface area (Å²) in [6, 6.07) is 0. The molecule has 0 saturated heterocycles. The predicted octanol–water partition coefficient (Wildman–Crippen LogP) is 1.44. The Balaban J connectivity index is 2.09. The summed E-state index contributed by atoms with van der Waals surface area (Å²) in [5.74, 6) is 0.863. The molecule has 0 aromatic heterocycles. The van der Waals surface area contributed by atoms with Crippen LogP contribution in [0.5, 0.6) is 0 Å². The third-order valence-electron chi connectivity index (χ3n) is 2.76. The molecule has 2 aliphatic rings. The molecule has 2 rings (SSSR count). The minimum absolute atomic E-state index is 0.409. The van der Waals surface area contributed by atoms with Crippen molar-refractivity contribution >= 4 is 10.5 Å². The fourth-order valence-electron chi connectivity index (χ4n) is 2.18. The van der Waals surface area contributed by atoms with Crippen LogP contribution in [0, 0.1) is 11.3 Å². The molecule has 1 fully saturated rings. The van der Waals surface area contributed by atoms with Gasteiger partial charge in [-0.15, -0.1) is 0 Å². The van der Waals surface area contributed by atoms with E-state index in [-0.39, 0.29) is 0 Å². The topological polar surface area (TPSA) is 9.23 Å². The fourth-order valence-corrected chi connectivity index (χ4v) is 2.47. The second kappa shape index (κ2) is 2.21. The van der Waals surface area contributed by atoms with E-state index >= 15 is 0 Å². The first-order valence-corrected chi connectivity index (χ1v) is 4.23. The molecule has 2 heteroatoms. The molecular weight excluding hydrogens is 140 g/mol. The number of hydrogen-bond donors (Lipinski definition) is 0. The van der Waals surface area contributed by atoms with Gasteiger partial charge in [0.1, 0.15) is 0 Å². The Morgan fingerprint density at radius 3 is 3.00 bits per heavy atom. The maximum Gasteiger partial charge on any atom is 0.246 e. The SMILES string of the molecule is [Si]OCC12C=CC(CC1)C2. The van der Waals surface area contributed by atoms with Crippen LogP contribution in [0.25, 0.3) is 0 Å². The molecule has 1 saturated carbocycles. The third kappa shape index (κ3) is 0.866. The van der Waals surface area contributed by atoms with E-state index in [1.54, 1.807) is 0 Å². The van der Waals surface area contributed by atoms with Crippen LogP contribution in [0.4, 0.5) is 0 Å². The smallest absolute Gasteiger partial charge is 0.246 e. The summed E-state index contributed by atoms with van der Waals surface area (Å²) in [6.07, 6.45) is 8.68. The molecule has 0 aromatic carbocycles. The van der Waals surface area contributed by atoms with E-state index < -0.39 is 0 Å². The van der Waals surface area contributed by atoms with Gasteiger partial charge in [-0.25, -0.2) is 0 Å². The number of allylic oxidation sites excluding steroid dienone is 1. The average molecular weight is 151 g/mol. The molecule has 2 atom stereocenters. The standard InChI is InChI=1S/C8H11OSi/c10-9-6-8-3-1-7(5-8)2-4-8/h1,3,7H,2,4-6H2. The Kier molecular flexibility index (Phi) is 1.46. The van der Waals surface area contributed by atoms with Gasteiger partial charge in [0.05, 0.1) is 0 Å². The van der Waals surface area contributed by atoms with Crippen molar-refractivity contribution in [2.45, 2.75) is 19.3 Å². The molecule has 2 aliphatic carbocycles. The van der Waals surface area contributed by atoms with Crippen LogP contribution in [0.1, 0.15) is 19.3 Å². The number of hydrogen-bond acceptors (Lipinski definition) is 1. The van der Waals surface area contributed by atoms with Crippen molar-refractivity contribution in [1.82, 2.24) is 0 Å². The maximum absolute atomic E-state index is 5.00. The molecule has 3 radical (unpaired) electrons. The molecule has 10 heavy (non-hydrogen) atoms. The zero-order valence-electron chi connectivity index (χ0n) is 5.97. The van der Waals surface area contributed by atoms with Crippen LogP contribution in [0.2, 0.25) is 0 Å². The van der Waals surface area contributed by atoms with Gasteiger partial charge >= 0.3 is 0 Å². The van der Waals surface area contributed by atoms with Crippen LogP contribution < -0.4 is 0 Å². The first kappa shape index (κ1) is 6.62. The van der Waals surface area contributed by atoms with E-state index in [1.807, 2.05) is 0 Å². The second-order valence-corrected chi connectivity index (χ2v) is 3.80. The Labute approximate surface area is 65.0 Å². The van der Waals surface area contributed by atoms with E-state index in [2.05, 4.69) is 22.6 Å². The monoisotopic (exact) mass is 151 g/mol. The minimum Gasteiger partial charge on any atom is -0.418 e. The van der Waals surface area contributed by atoms with Crippen molar-refractivity contribution in [3.63, 3.8) is 0 Å². The lowest BCUT2D eigenvalue weighted by atomic mass is 9.89. The summed E-state index contributed by atoms with van der Waals surface area (Å²) < 4.78 is 5.00. The van der Waals surface area contributed by atoms with Crippen LogP contribution in [-0.4, -0.2) is 17.1 Å². The maximum atomic E-state index is 5.00. The molecule has 1 nitrogen and oxygen atoms in total. The van der Waals surface area contributed by atoms with Crippen molar-refractivity contribution in [2.24, 2.45) is 11.3 Å². The van der Waals surface area contributed by atoms with Gasteiger partial charge in [0.25, 0.3) is 0 Å². The summed E-state index contributed by atoms with van der Waals surface area (Å²) in [6.45, 7) is 0.844. The summed E-state index contributed by atoms with van der Waals surface area (Å²) in [4.78, 5) is 0. The molecule has 0 aliphatic heterocycles. The van der Waals surface area contributed by atoms with E-state index in [4.69, 9.17) is 4.43 Å². The van der Waals surface area contributed by atoms with Gasteiger partial charge in [-0.2, -0.15) is 0 Å². The molecular formula is C8H11OSi. The van der Waals surface area contributed by atoms with Crippen LogP contribution in [0.3, 0.4) is 0 Å². The molecule has 0 heterocycles. The summed E-state index contributed by atoms with van der Waals surface area (Å²) in [5.41, 5.74) is 0.409. The average Bonchev–Trinajstić information content (AvgIpc) is 2.46. The normalized spacial score (nSPS) is 43.1. The third-order valence-corrected chi connectivity index (χ3v) is 2.91. The van der Waals surface area contributed by atoms with Crippen LogP contribution >= 0.6 is 0 Å². The van der Waals surface area contributed by atoms with Crippen molar-refractivity contribution in [3.8, 4) is 0 Å². The highest BCUT2D eigenvalue weighted by Gasteiger charge is 2.40. The number of rotatable bonds is 2. The van der Waals surface area contributed by atoms with Crippen molar-refractivity contribution in [1.29, 1.82) is 0 Å². The van der Waals surface area contributed by atoms with Crippen molar-refractivity contribution in [3.05, 3.63) is 12.2 Å². The number of fused-ring (bicyclic) bond motifs is 2. The van der Waals surface area contributed by atoms with E-state index in [0.29, 0.717) is 5.41 Å². The van der Waals surface area contributed by atoms with Gasteiger partial charge in [0, 0.05) is 12.0 Å².